The minimum atomic E-state index is -0.297. The first-order valence-corrected chi connectivity index (χ1v) is 5.52. The zero-order valence-electron chi connectivity index (χ0n) is 10.2. The molecule has 0 radical (unpaired) electrons. The average molecular weight is 233 g/mol. The Bertz CT molecular complexity index is 661. The van der Waals surface area contributed by atoms with E-state index in [-0.39, 0.29) is 11.4 Å². The monoisotopic (exact) mass is 233 g/mol. The van der Waals surface area contributed by atoms with Gasteiger partial charge in [-0.2, -0.15) is 4.68 Å². The fourth-order valence-electron chi connectivity index (χ4n) is 1.92. The summed E-state index contributed by atoms with van der Waals surface area (Å²) < 4.78 is 3.96. The molecule has 5 heteroatoms. The van der Waals surface area contributed by atoms with Gasteiger partial charge in [0.05, 0.1) is 5.69 Å². The summed E-state index contributed by atoms with van der Waals surface area (Å²) in [4.78, 5) is 23.9. The fourth-order valence-corrected chi connectivity index (χ4v) is 1.92. The molecule has 0 aliphatic heterocycles. The van der Waals surface area contributed by atoms with Gasteiger partial charge in [-0.15, -0.1) is 0 Å². The molecular weight excluding hydrogens is 218 g/mol. The lowest BCUT2D eigenvalue weighted by molar-refractivity contribution is 0.624. The van der Waals surface area contributed by atoms with Crippen molar-refractivity contribution in [1.82, 2.24) is 13.9 Å². The van der Waals surface area contributed by atoms with Crippen molar-refractivity contribution in [2.75, 3.05) is 0 Å². The first-order chi connectivity index (χ1) is 8.07. The van der Waals surface area contributed by atoms with Crippen molar-refractivity contribution in [3.63, 3.8) is 0 Å². The van der Waals surface area contributed by atoms with Gasteiger partial charge in [0.25, 0.3) is 0 Å². The van der Waals surface area contributed by atoms with E-state index >= 15 is 0 Å². The highest BCUT2D eigenvalue weighted by atomic mass is 16.2. The van der Waals surface area contributed by atoms with Crippen LogP contribution in [0.15, 0.2) is 33.9 Å². The maximum Gasteiger partial charge on any atom is 0.351 e. The van der Waals surface area contributed by atoms with Crippen LogP contribution in [-0.2, 0) is 13.6 Å². The van der Waals surface area contributed by atoms with Gasteiger partial charge in [0.15, 0.2) is 0 Å². The second-order valence-electron chi connectivity index (χ2n) is 3.93. The molecule has 2 rings (SSSR count). The van der Waals surface area contributed by atoms with E-state index in [0.29, 0.717) is 6.54 Å². The van der Waals surface area contributed by atoms with Crippen LogP contribution in [0.3, 0.4) is 0 Å². The minimum absolute atomic E-state index is 0.291. The van der Waals surface area contributed by atoms with Crippen molar-refractivity contribution in [3.05, 3.63) is 50.8 Å². The van der Waals surface area contributed by atoms with E-state index in [0.717, 1.165) is 11.3 Å². The molecule has 90 valence electrons. The van der Waals surface area contributed by atoms with Crippen molar-refractivity contribution >= 4 is 0 Å². The molecule has 0 amide bonds. The second-order valence-corrected chi connectivity index (χ2v) is 3.93. The Kier molecular flexibility index (Phi) is 2.75. The standard InChI is InChI=1S/C12H15N3O2/c1-4-14-11(16)13(3)15(12(14)17)10-8-6-5-7-9(10)2/h5-8H,4H2,1-3H3. The van der Waals surface area contributed by atoms with Crippen molar-refractivity contribution in [2.24, 2.45) is 7.05 Å². The van der Waals surface area contributed by atoms with Crippen LogP contribution in [0.2, 0.25) is 0 Å². The number of para-hydroxylation sites is 1. The summed E-state index contributed by atoms with van der Waals surface area (Å²) in [7, 11) is 1.60. The number of hydrogen-bond acceptors (Lipinski definition) is 2. The van der Waals surface area contributed by atoms with Crippen LogP contribution in [0, 0.1) is 6.92 Å². The second kappa shape index (κ2) is 4.08. The van der Waals surface area contributed by atoms with Gasteiger partial charge in [-0.05, 0) is 25.5 Å². The molecule has 0 N–H and O–H groups in total. The van der Waals surface area contributed by atoms with Crippen molar-refractivity contribution < 1.29 is 0 Å². The first kappa shape index (κ1) is 11.4. The molecule has 1 aromatic carbocycles. The Morgan fingerprint density at radius 2 is 1.76 bits per heavy atom. The average Bonchev–Trinajstić information content (AvgIpc) is 2.52. The summed E-state index contributed by atoms with van der Waals surface area (Å²) in [6.45, 7) is 4.07. The number of benzene rings is 1. The molecule has 0 atom stereocenters. The summed E-state index contributed by atoms with van der Waals surface area (Å²) in [6, 6.07) is 7.49. The molecule has 0 aliphatic rings. The molecular formula is C12H15N3O2. The molecule has 0 aliphatic carbocycles. The lowest BCUT2D eigenvalue weighted by Gasteiger charge is -2.07. The zero-order chi connectivity index (χ0) is 12.6. The molecule has 2 aromatic rings. The van der Waals surface area contributed by atoms with Gasteiger partial charge in [-0.1, -0.05) is 18.2 Å². The number of nitrogens with zero attached hydrogens (tertiary/aromatic N) is 3. The van der Waals surface area contributed by atoms with Gasteiger partial charge in [-0.25, -0.2) is 18.8 Å². The SMILES string of the molecule is CCn1c(=O)n(C)n(-c2ccccc2C)c1=O. The minimum Gasteiger partial charge on any atom is -0.246 e. The van der Waals surface area contributed by atoms with Crippen LogP contribution in [-0.4, -0.2) is 13.9 Å². The maximum atomic E-state index is 12.1. The largest absolute Gasteiger partial charge is 0.351 e. The molecule has 0 unspecified atom stereocenters. The zero-order valence-corrected chi connectivity index (χ0v) is 10.2. The Morgan fingerprint density at radius 1 is 1.12 bits per heavy atom. The van der Waals surface area contributed by atoms with Crippen LogP contribution >= 0.6 is 0 Å². The number of hydrogen-bond donors (Lipinski definition) is 0. The molecule has 0 saturated carbocycles. The number of rotatable bonds is 2. The molecule has 0 saturated heterocycles. The van der Waals surface area contributed by atoms with E-state index in [1.54, 1.807) is 14.0 Å². The number of aromatic nitrogens is 3. The molecule has 1 aromatic heterocycles. The van der Waals surface area contributed by atoms with E-state index in [9.17, 15) is 9.59 Å². The third-order valence-electron chi connectivity index (χ3n) is 2.88. The fraction of sp³-hybridized carbons (Fsp3) is 0.333. The lowest BCUT2D eigenvalue weighted by atomic mass is 10.2. The highest BCUT2D eigenvalue weighted by Gasteiger charge is 2.14. The van der Waals surface area contributed by atoms with Gasteiger partial charge >= 0.3 is 11.4 Å². The predicted octanol–water partition coefficient (Wildman–Crippen LogP) is 0.666. The molecule has 17 heavy (non-hydrogen) atoms. The van der Waals surface area contributed by atoms with Gasteiger partial charge in [0.2, 0.25) is 0 Å². The Hall–Kier alpha value is -2.04. The lowest BCUT2D eigenvalue weighted by Crippen LogP contribution is -2.27. The topological polar surface area (TPSA) is 48.9 Å². The summed E-state index contributed by atoms with van der Waals surface area (Å²) in [5.41, 5.74) is 1.11. The van der Waals surface area contributed by atoms with Crippen molar-refractivity contribution in [3.8, 4) is 5.69 Å². The van der Waals surface area contributed by atoms with Crippen LogP contribution < -0.4 is 11.4 Å². The summed E-state index contributed by atoms with van der Waals surface area (Å²) in [5, 5.41) is 0. The Balaban J connectivity index is 2.83. The summed E-state index contributed by atoms with van der Waals surface area (Å²) in [5.74, 6) is 0. The van der Waals surface area contributed by atoms with Crippen LogP contribution in [0.1, 0.15) is 12.5 Å². The van der Waals surface area contributed by atoms with Crippen LogP contribution in [0.5, 0.6) is 0 Å². The molecule has 5 nitrogen and oxygen atoms in total. The highest BCUT2D eigenvalue weighted by molar-refractivity contribution is 5.38. The Morgan fingerprint density at radius 3 is 2.29 bits per heavy atom. The molecule has 0 spiro atoms. The third kappa shape index (κ3) is 1.63. The number of aryl methyl sites for hydroxylation is 1. The van der Waals surface area contributed by atoms with E-state index < -0.39 is 0 Å². The van der Waals surface area contributed by atoms with Gasteiger partial charge < -0.3 is 0 Å². The summed E-state index contributed by atoms with van der Waals surface area (Å²) >= 11 is 0. The van der Waals surface area contributed by atoms with E-state index in [1.807, 2.05) is 31.2 Å². The van der Waals surface area contributed by atoms with E-state index in [2.05, 4.69) is 0 Å². The smallest absolute Gasteiger partial charge is 0.246 e. The van der Waals surface area contributed by atoms with Gasteiger partial charge in [0.1, 0.15) is 0 Å². The van der Waals surface area contributed by atoms with Crippen LogP contribution in [0.4, 0.5) is 0 Å². The molecule has 0 bridgehead atoms. The van der Waals surface area contributed by atoms with E-state index in [4.69, 9.17) is 0 Å². The Labute approximate surface area is 98.5 Å². The normalized spacial score (nSPS) is 10.8. The maximum absolute atomic E-state index is 12.1. The summed E-state index contributed by atoms with van der Waals surface area (Å²) in [6.07, 6.45) is 0. The quantitative estimate of drug-likeness (QED) is 0.765. The van der Waals surface area contributed by atoms with Crippen LogP contribution in [0.25, 0.3) is 5.69 Å². The van der Waals surface area contributed by atoms with Gasteiger partial charge in [-0.3, -0.25) is 0 Å². The highest BCUT2D eigenvalue weighted by Crippen LogP contribution is 2.09. The molecule has 0 fully saturated rings. The first-order valence-electron chi connectivity index (χ1n) is 5.52. The third-order valence-corrected chi connectivity index (χ3v) is 2.88. The van der Waals surface area contributed by atoms with E-state index in [1.165, 1.54) is 13.9 Å². The molecule has 1 heterocycles. The predicted molar refractivity (Wildman–Crippen MR) is 65.7 cm³/mol. The van der Waals surface area contributed by atoms with Crippen molar-refractivity contribution in [1.29, 1.82) is 0 Å². The van der Waals surface area contributed by atoms with Crippen molar-refractivity contribution in [2.45, 2.75) is 20.4 Å². The van der Waals surface area contributed by atoms with Gasteiger partial charge in [0, 0.05) is 13.6 Å².